The summed E-state index contributed by atoms with van der Waals surface area (Å²) in [6.45, 7) is 9.33. The molecule has 0 saturated carbocycles. The summed E-state index contributed by atoms with van der Waals surface area (Å²) in [5.74, 6) is -0.252. The van der Waals surface area contributed by atoms with E-state index in [4.69, 9.17) is 4.74 Å². The van der Waals surface area contributed by atoms with Crippen molar-refractivity contribution in [1.29, 1.82) is 0 Å². The van der Waals surface area contributed by atoms with Gasteiger partial charge in [0.05, 0.1) is 25.8 Å². The molecule has 166 valence electrons. The van der Waals surface area contributed by atoms with Gasteiger partial charge in [-0.15, -0.1) is 0 Å². The summed E-state index contributed by atoms with van der Waals surface area (Å²) in [6, 6.07) is 13.9. The third-order valence-corrected chi connectivity index (χ3v) is 5.48. The summed E-state index contributed by atoms with van der Waals surface area (Å²) in [6.07, 6.45) is 0. The Kier molecular flexibility index (Phi) is 8.03. The number of rotatable bonds is 7. The van der Waals surface area contributed by atoms with Crippen molar-refractivity contribution < 1.29 is 14.3 Å². The van der Waals surface area contributed by atoms with Crippen LogP contribution in [0, 0.1) is 20.8 Å². The molecule has 0 radical (unpaired) electrons. The first-order valence-corrected chi connectivity index (χ1v) is 10.7. The van der Waals surface area contributed by atoms with Crippen molar-refractivity contribution in [3.8, 4) is 0 Å². The molecule has 3 N–H and O–H groups in total. The second-order valence-corrected chi connectivity index (χ2v) is 7.96. The molecule has 31 heavy (non-hydrogen) atoms. The average Bonchev–Trinajstić information content (AvgIpc) is 2.76. The van der Waals surface area contributed by atoms with Gasteiger partial charge in [0.2, 0.25) is 5.91 Å². The number of carbonyl (C=O) groups is 2. The Morgan fingerprint density at radius 1 is 1.00 bits per heavy atom. The highest BCUT2D eigenvalue weighted by molar-refractivity contribution is 5.95. The number of amides is 3. The van der Waals surface area contributed by atoms with Crippen LogP contribution in [-0.4, -0.2) is 56.2 Å². The van der Waals surface area contributed by atoms with Crippen molar-refractivity contribution in [2.24, 2.45) is 0 Å². The zero-order chi connectivity index (χ0) is 22.2. The van der Waals surface area contributed by atoms with E-state index in [1.165, 1.54) is 0 Å². The molecule has 1 atom stereocenters. The SMILES string of the molecule is Cc1cc(C)c(NC(=O)CNC(=O)NC[C@@H](c2ccccc2)N2CCOCC2)c(C)c1. The number of nitrogens with zero attached hydrogens (tertiary/aromatic N) is 1. The third kappa shape index (κ3) is 6.54. The lowest BCUT2D eigenvalue weighted by Gasteiger charge is -2.34. The molecule has 1 fully saturated rings. The molecule has 0 unspecified atom stereocenters. The Morgan fingerprint density at radius 3 is 2.29 bits per heavy atom. The van der Waals surface area contributed by atoms with Crippen molar-refractivity contribution in [2.75, 3.05) is 44.7 Å². The summed E-state index contributed by atoms with van der Waals surface area (Å²) >= 11 is 0. The van der Waals surface area contributed by atoms with Gasteiger partial charge in [-0.1, -0.05) is 48.0 Å². The number of aryl methyl sites for hydroxylation is 3. The second kappa shape index (κ2) is 10.9. The van der Waals surface area contributed by atoms with Crippen LogP contribution in [0.2, 0.25) is 0 Å². The molecule has 1 aliphatic rings. The van der Waals surface area contributed by atoms with Crippen LogP contribution in [0.25, 0.3) is 0 Å². The Balaban J connectivity index is 1.51. The van der Waals surface area contributed by atoms with E-state index in [2.05, 4.69) is 33.0 Å². The predicted molar refractivity (Wildman–Crippen MR) is 122 cm³/mol. The van der Waals surface area contributed by atoms with Gasteiger partial charge in [-0.25, -0.2) is 4.79 Å². The molecule has 0 aromatic heterocycles. The van der Waals surface area contributed by atoms with E-state index >= 15 is 0 Å². The maximum atomic E-state index is 12.4. The van der Waals surface area contributed by atoms with Crippen LogP contribution in [0.5, 0.6) is 0 Å². The molecule has 2 aromatic carbocycles. The van der Waals surface area contributed by atoms with Gasteiger partial charge in [-0.3, -0.25) is 9.69 Å². The van der Waals surface area contributed by atoms with Crippen molar-refractivity contribution in [1.82, 2.24) is 15.5 Å². The van der Waals surface area contributed by atoms with Crippen LogP contribution in [0.4, 0.5) is 10.5 Å². The van der Waals surface area contributed by atoms with Gasteiger partial charge in [0.15, 0.2) is 0 Å². The molecule has 7 heteroatoms. The number of ether oxygens (including phenoxy) is 1. The van der Waals surface area contributed by atoms with Crippen LogP contribution in [-0.2, 0) is 9.53 Å². The molecular weight excluding hydrogens is 392 g/mol. The number of hydrogen-bond acceptors (Lipinski definition) is 4. The van der Waals surface area contributed by atoms with E-state index in [0.29, 0.717) is 19.8 Å². The summed E-state index contributed by atoms with van der Waals surface area (Å²) < 4.78 is 5.46. The number of nitrogens with one attached hydrogen (secondary N) is 3. The number of hydrogen-bond donors (Lipinski definition) is 3. The minimum atomic E-state index is -0.360. The molecule has 0 spiro atoms. The fraction of sp³-hybridized carbons (Fsp3) is 0.417. The van der Waals surface area contributed by atoms with E-state index in [1.54, 1.807) is 0 Å². The number of benzene rings is 2. The lowest BCUT2D eigenvalue weighted by molar-refractivity contribution is -0.115. The zero-order valence-electron chi connectivity index (χ0n) is 18.5. The monoisotopic (exact) mass is 424 g/mol. The highest BCUT2D eigenvalue weighted by atomic mass is 16.5. The van der Waals surface area contributed by atoms with Crippen molar-refractivity contribution >= 4 is 17.6 Å². The first-order valence-electron chi connectivity index (χ1n) is 10.7. The smallest absolute Gasteiger partial charge is 0.315 e. The van der Waals surface area contributed by atoms with Crippen molar-refractivity contribution in [3.05, 3.63) is 64.7 Å². The normalized spacial score (nSPS) is 15.2. The van der Waals surface area contributed by atoms with Crippen LogP contribution in [0.3, 0.4) is 0 Å². The molecule has 1 heterocycles. The van der Waals surface area contributed by atoms with E-state index in [9.17, 15) is 9.59 Å². The Morgan fingerprint density at radius 2 is 1.65 bits per heavy atom. The molecule has 0 aliphatic carbocycles. The molecule has 0 bridgehead atoms. The molecular formula is C24H32N4O3. The third-order valence-electron chi connectivity index (χ3n) is 5.48. The lowest BCUT2D eigenvalue weighted by atomic mass is 10.0. The van der Waals surface area contributed by atoms with Crippen LogP contribution in [0.1, 0.15) is 28.3 Å². The van der Waals surface area contributed by atoms with E-state index in [-0.39, 0.29) is 24.5 Å². The first kappa shape index (κ1) is 22.8. The summed E-state index contributed by atoms with van der Waals surface area (Å²) in [5, 5.41) is 8.47. The lowest BCUT2D eigenvalue weighted by Crippen LogP contribution is -2.46. The number of carbonyl (C=O) groups excluding carboxylic acids is 2. The second-order valence-electron chi connectivity index (χ2n) is 7.96. The highest BCUT2D eigenvalue weighted by Gasteiger charge is 2.23. The quantitative estimate of drug-likeness (QED) is 0.638. The fourth-order valence-electron chi connectivity index (χ4n) is 4.00. The van der Waals surface area contributed by atoms with Gasteiger partial charge in [-0.2, -0.15) is 0 Å². The average molecular weight is 425 g/mol. The maximum absolute atomic E-state index is 12.4. The van der Waals surface area contributed by atoms with E-state index < -0.39 is 0 Å². The minimum Gasteiger partial charge on any atom is -0.379 e. The minimum absolute atomic E-state index is 0.0579. The zero-order valence-corrected chi connectivity index (χ0v) is 18.5. The molecule has 3 amide bonds. The maximum Gasteiger partial charge on any atom is 0.315 e. The predicted octanol–water partition coefficient (Wildman–Crippen LogP) is 2.92. The van der Waals surface area contributed by atoms with E-state index in [0.717, 1.165) is 41.0 Å². The largest absolute Gasteiger partial charge is 0.379 e. The van der Waals surface area contributed by atoms with Crippen molar-refractivity contribution in [2.45, 2.75) is 26.8 Å². The van der Waals surface area contributed by atoms with E-state index in [1.807, 2.05) is 51.1 Å². The standard InChI is InChI=1S/C24H32N4O3/c1-17-13-18(2)23(19(3)14-17)27-22(29)16-26-24(30)25-15-21(20-7-5-4-6-8-20)28-9-11-31-12-10-28/h4-8,13-14,21H,9-12,15-16H2,1-3H3,(H,27,29)(H2,25,26,30)/t21-/m0/s1. The number of anilines is 1. The van der Waals surface area contributed by atoms with Gasteiger partial charge < -0.3 is 20.7 Å². The van der Waals surface area contributed by atoms with Crippen LogP contribution >= 0.6 is 0 Å². The molecule has 1 aliphatic heterocycles. The highest BCUT2D eigenvalue weighted by Crippen LogP contribution is 2.22. The topological polar surface area (TPSA) is 82.7 Å². The summed E-state index contributed by atoms with van der Waals surface area (Å²) in [7, 11) is 0. The Bertz CT molecular complexity index is 872. The summed E-state index contributed by atoms with van der Waals surface area (Å²) in [5.41, 5.74) is 5.11. The van der Waals surface area contributed by atoms with Gasteiger partial charge in [0.1, 0.15) is 0 Å². The van der Waals surface area contributed by atoms with Crippen LogP contribution in [0.15, 0.2) is 42.5 Å². The first-order chi connectivity index (χ1) is 14.9. The molecule has 7 nitrogen and oxygen atoms in total. The van der Waals surface area contributed by atoms with Gasteiger partial charge >= 0.3 is 6.03 Å². The number of morpholine rings is 1. The van der Waals surface area contributed by atoms with Crippen molar-refractivity contribution in [3.63, 3.8) is 0 Å². The van der Waals surface area contributed by atoms with Gasteiger partial charge in [0.25, 0.3) is 0 Å². The molecule has 3 rings (SSSR count). The fourth-order valence-corrected chi connectivity index (χ4v) is 4.00. The Hall–Kier alpha value is -2.90. The van der Waals surface area contributed by atoms with Gasteiger partial charge in [0, 0.05) is 25.3 Å². The molecule has 2 aromatic rings. The molecule has 1 saturated heterocycles. The summed E-state index contributed by atoms with van der Waals surface area (Å²) in [4.78, 5) is 27.0. The van der Waals surface area contributed by atoms with Gasteiger partial charge in [-0.05, 0) is 37.5 Å². The Labute approximate surface area is 184 Å². The van der Waals surface area contributed by atoms with Crippen LogP contribution < -0.4 is 16.0 Å². The number of urea groups is 1.